The zero-order chi connectivity index (χ0) is 18.4. The normalized spacial score (nSPS) is 14.5. The van der Waals surface area contributed by atoms with E-state index >= 15 is 0 Å². The standard InChI is InChI=1S/C19H27N5O2/c1-13(2)17-9-16(26-24-17)11-23-19(20-3)22-10-15-6-7-21-18(8-15)25-12-14-4-5-14/h6-9,13-14H,4-5,10-12H2,1-3H3,(H2,20,22,23). The molecule has 0 aliphatic heterocycles. The Morgan fingerprint density at radius 1 is 1.31 bits per heavy atom. The van der Waals surface area contributed by atoms with Crippen molar-refractivity contribution in [3.8, 4) is 5.88 Å². The highest BCUT2D eigenvalue weighted by molar-refractivity contribution is 5.79. The maximum absolute atomic E-state index is 5.73. The molecule has 2 N–H and O–H groups in total. The highest BCUT2D eigenvalue weighted by Crippen LogP contribution is 2.29. The topological polar surface area (TPSA) is 84.6 Å². The van der Waals surface area contributed by atoms with Gasteiger partial charge >= 0.3 is 0 Å². The molecule has 0 radical (unpaired) electrons. The lowest BCUT2D eigenvalue weighted by atomic mass is 10.1. The maximum Gasteiger partial charge on any atom is 0.213 e. The van der Waals surface area contributed by atoms with E-state index in [0.29, 0.717) is 36.8 Å². The molecule has 0 saturated heterocycles. The van der Waals surface area contributed by atoms with Gasteiger partial charge in [0, 0.05) is 31.9 Å². The second-order valence-corrected chi connectivity index (χ2v) is 6.91. The fourth-order valence-electron chi connectivity index (χ4n) is 2.39. The van der Waals surface area contributed by atoms with Crippen LogP contribution in [-0.4, -0.2) is 29.8 Å². The minimum absolute atomic E-state index is 0.355. The molecular formula is C19H27N5O2. The predicted molar refractivity (Wildman–Crippen MR) is 100 cm³/mol. The van der Waals surface area contributed by atoms with Gasteiger partial charge in [-0.1, -0.05) is 19.0 Å². The molecule has 26 heavy (non-hydrogen) atoms. The zero-order valence-corrected chi connectivity index (χ0v) is 15.7. The van der Waals surface area contributed by atoms with Crippen LogP contribution in [0.5, 0.6) is 5.88 Å². The summed E-state index contributed by atoms with van der Waals surface area (Å²) in [4.78, 5) is 8.50. The SMILES string of the molecule is CN=C(NCc1ccnc(OCC2CC2)c1)NCc1cc(C(C)C)no1. The van der Waals surface area contributed by atoms with Crippen molar-refractivity contribution < 1.29 is 9.26 Å². The Kier molecular flexibility index (Phi) is 6.09. The van der Waals surface area contributed by atoms with Gasteiger partial charge in [0.2, 0.25) is 5.88 Å². The number of hydrogen-bond donors (Lipinski definition) is 2. The van der Waals surface area contributed by atoms with Crippen LogP contribution in [0.15, 0.2) is 33.9 Å². The van der Waals surface area contributed by atoms with Crippen molar-refractivity contribution >= 4 is 5.96 Å². The van der Waals surface area contributed by atoms with E-state index < -0.39 is 0 Å². The van der Waals surface area contributed by atoms with E-state index in [-0.39, 0.29) is 0 Å². The van der Waals surface area contributed by atoms with Gasteiger partial charge in [-0.15, -0.1) is 0 Å². The predicted octanol–water partition coefficient (Wildman–Crippen LogP) is 2.85. The Bertz CT molecular complexity index is 737. The molecule has 1 fully saturated rings. The van der Waals surface area contributed by atoms with Crippen LogP contribution in [0.25, 0.3) is 0 Å². The molecule has 0 atom stereocenters. The van der Waals surface area contributed by atoms with Crippen LogP contribution in [0, 0.1) is 5.92 Å². The summed E-state index contributed by atoms with van der Waals surface area (Å²) in [6.45, 7) is 6.11. The Morgan fingerprint density at radius 3 is 2.81 bits per heavy atom. The van der Waals surface area contributed by atoms with Crippen LogP contribution in [-0.2, 0) is 13.1 Å². The third-order valence-electron chi connectivity index (χ3n) is 4.25. The summed E-state index contributed by atoms with van der Waals surface area (Å²) in [6, 6.07) is 5.90. The summed E-state index contributed by atoms with van der Waals surface area (Å²) >= 11 is 0. The lowest BCUT2D eigenvalue weighted by molar-refractivity contribution is 0.288. The molecule has 7 heteroatoms. The van der Waals surface area contributed by atoms with E-state index in [0.717, 1.165) is 23.6 Å². The maximum atomic E-state index is 5.73. The molecular weight excluding hydrogens is 330 g/mol. The van der Waals surface area contributed by atoms with Crippen molar-refractivity contribution in [1.82, 2.24) is 20.8 Å². The molecule has 0 bridgehead atoms. The van der Waals surface area contributed by atoms with Crippen LogP contribution >= 0.6 is 0 Å². The van der Waals surface area contributed by atoms with Gasteiger partial charge in [-0.05, 0) is 36.3 Å². The molecule has 2 aromatic heterocycles. The summed E-state index contributed by atoms with van der Waals surface area (Å²) in [5, 5.41) is 10.6. The summed E-state index contributed by atoms with van der Waals surface area (Å²) in [7, 11) is 1.74. The molecule has 0 amide bonds. The Hall–Kier alpha value is -2.57. The van der Waals surface area contributed by atoms with Crippen molar-refractivity contribution in [3.05, 3.63) is 41.4 Å². The number of aromatic nitrogens is 2. The zero-order valence-electron chi connectivity index (χ0n) is 15.7. The third-order valence-corrected chi connectivity index (χ3v) is 4.25. The fourth-order valence-corrected chi connectivity index (χ4v) is 2.39. The van der Waals surface area contributed by atoms with Gasteiger partial charge in [0.25, 0.3) is 0 Å². The highest BCUT2D eigenvalue weighted by atomic mass is 16.5. The van der Waals surface area contributed by atoms with Gasteiger partial charge in [-0.3, -0.25) is 4.99 Å². The van der Waals surface area contributed by atoms with Gasteiger partial charge in [0.05, 0.1) is 18.8 Å². The van der Waals surface area contributed by atoms with Crippen LogP contribution in [0.1, 0.15) is 49.6 Å². The molecule has 1 aliphatic rings. The summed E-state index contributed by atoms with van der Waals surface area (Å²) in [5.74, 6) is 3.24. The Balaban J connectivity index is 1.46. The van der Waals surface area contributed by atoms with Crippen molar-refractivity contribution in [2.75, 3.05) is 13.7 Å². The Morgan fingerprint density at radius 2 is 2.12 bits per heavy atom. The number of rotatable bonds is 8. The van der Waals surface area contributed by atoms with Crippen molar-refractivity contribution in [2.45, 2.75) is 45.7 Å². The number of hydrogen-bond acceptors (Lipinski definition) is 5. The van der Waals surface area contributed by atoms with E-state index in [1.807, 2.05) is 18.2 Å². The first-order valence-corrected chi connectivity index (χ1v) is 9.11. The molecule has 0 aromatic carbocycles. The molecule has 1 aliphatic carbocycles. The number of nitrogens with one attached hydrogen (secondary N) is 2. The largest absolute Gasteiger partial charge is 0.477 e. The monoisotopic (exact) mass is 357 g/mol. The molecule has 140 valence electrons. The van der Waals surface area contributed by atoms with Crippen molar-refractivity contribution in [1.29, 1.82) is 0 Å². The van der Waals surface area contributed by atoms with Crippen LogP contribution in [0.4, 0.5) is 0 Å². The fraction of sp³-hybridized carbons (Fsp3) is 0.526. The molecule has 7 nitrogen and oxygen atoms in total. The smallest absolute Gasteiger partial charge is 0.213 e. The number of aliphatic imine (C=N–C) groups is 1. The molecule has 3 rings (SSSR count). The van der Waals surface area contributed by atoms with Crippen LogP contribution < -0.4 is 15.4 Å². The van der Waals surface area contributed by atoms with E-state index in [1.54, 1.807) is 13.2 Å². The first-order valence-electron chi connectivity index (χ1n) is 9.11. The van der Waals surface area contributed by atoms with Crippen molar-refractivity contribution in [2.24, 2.45) is 10.9 Å². The average Bonchev–Trinajstić information content (AvgIpc) is 3.36. The van der Waals surface area contributed by atoms with Crippen LogP contribution in [0.3, 0.4) is 0 Å². The summed E-state index contributed by atoms with van der Waals surface area (Å²) in [5.41, 5.74) is 2.05. The Labute approximate surface area is 154 Å². The highest BCUT2D eigenvalue weighted by Gasteiger charge is 2.22. The lowest BCUT2D eigenvalue weighted by Crippen LogP contribution is -2.36. The van der Waals surface area contributed by atoms with Crippen LogP contribution in [0.2, 0.25) is 0 Å². The van der Waals surface area contributed by atoms with Gasteiger partial charge in [-0.2, -0.15) is 0 Å². The van der Waals surface area contributed by atoms with Gasteiger partial charge < -0.3 is 19.9 Å². The second kappa shape index (κ2) is 8.69. The number of nitrogens with zero attached hydrogens (tertiary/aromatic N) is 3. The molecule has 2 heterocycles. The first-order chi connectivity index (χ1) is 12.6. The second-order valence-electron chi connectivity index (χ2n) is 6.91. The number of pyridine rings is 1. The van der Waals surface area contributed by atoms with E-state index in [9.17, 15) is 0 Å². The number of guanidine groups is 1. The van der Waals surface area contributed by atoms with E-state index in [1.165, 1.54) is 12.8 Å². The average molecular weight is 357 g/mol. The molecule has 2 aromatic rings. The van der Waals surface area contributed by atoms with Crippen molar-refractivity contribution in [3.63, 3.8) is 0 Å². The van der Waals surface area contributed by atoms with E-state index in [4.69, 9.17) is 9.26 Å². The third kappa shape index (κ3) is 5.47. The molecule has 1 saturated carbocycles. The van der Waals surface area contributed by atoms with E-state index in [2.05, 4.69) is 39.6 Å². The van der Waals surface area contributed by atoms with Gasteiger partial charge in [0.1, 0.15) is 0 Å². The summed E-state index contributed by atoms with van der Waals surface area (Å²) < 4.78 is 11.1. The quantitative estimate of drug-likeness (QED) is 0.558. The minimum Gasteiger partial charge on any atom is -0.477 e. The summed E-state index contributed by atoms with van der Waals surface area (Å²) in [6.07, 6.45) is 4.32. The lowest BCUT2D eigenvalue weighted by Gasteiger charge is -2.11. The van der Waals surface area contributed by atoms with Gasteiger partial charge in [-0.25, -0.2) is 4.98 Å². The molecule has 0 unspecified atom stereocenters. The number of ether oxygens (including phenoxy) is 1. The van der Waals surface area contributed by atoms with Gasteiger partial charge in [0.15, 0.2) is 11.7 Å². The first kappa shape index (κ1) is 18.2. The molecule has 0 spiro atoms. The minimum atomic E-state index is 0.355.